The molecule has 2 aromatic rings. The maximum absolute atomic E-state index is 13.1. The molecule has 0 unspecified atom stereocenters. The summed E-state index contributed by atoms with van der Waals surface area (Å²) in [6.45, 7) is 3.74. The van der Waals surface area contributed by atoms with Gasteiger partial charge >= 0.3 is 24.2 Å². The minimum atomic E-state index is -1.38. The fourth-order valence-corrected chi connectivity index (χ4v) is 8.75. The number of halogens is 2. The van der Waals surface area contributed by atoms with E-state index in [-0.39, 0.29) is 43.8 Å². The molecule has 58 heavy (non-hydrogen) atoms. The first-order valence-corrected chi connectivity index (χ1v) is 21.3. The van der Waals surface area contributed by atoms with Gasteiger partial charge in [0.25, 0.3) is 0 Å². The lowest BCUT2D eigenvalue weighted by Gasteiger charge is -2.28. The maximum Gasteiger partial charge on any atom is 0.516 e. The molecule has 0 heterocycles. The first-order valence-electron chi connectivity index (χ1n) is 17.3. The molecule has 14 nitrogen and oxygen atoms in total. The van der Waals surface area contributed by atoms with E-state index in [4.69, 9.17) is 9.47 Å². The minimum absolute atomic E-state index is 0.0321. The lowest BCUT2D eigenvalue weighted by Crippen LogP contribution is -2.30. The number of thioether (sulfide) groups is 4. The Morgan fingerprint density at radius 1 is 0.534 bits per heavy atom. The van der Waals surface area contributed by atoms with E-state index in [2.05, 4.69) is 32.1 Å². The highest BCUT2D eigenvalue weighted by Crippen LogP contribution is 2.37. The molecule has 0 N–H and O–H groups in total. The van der Waals surface area contributed by atoms with Crippen LogP contribution in [0.4, 0.5) is 18.4 Å². The van der Waals surface area contributed by atoms with E-state index >= 15 is 0 Å². The van der Waals surface area contributed by atoms with Crippen molar-refractivity contribution in [2.24, 2.45) is 11.8 Å². The summed E-state index contributed by atoms with van der Waals surface area (Å²) in [5.74, 6) is -4.22. The van der Waals surface area contributed by atoms with Crippen molar-refractivity contribution in [1.82, 2.24) is 0 Å². The van der Waals surface area contributed by atoms with Gasteiger partial charge in [0, 0.05) is 46.0 Å². The molecule has 20 heteroatoms. The van der Waals surface area contributed by atoms with Crippen LogP contribution in [0.15, 0.2) is 73.3 Å². The second-order valence-electron chi connectivity index (χ2n) is 11.8. The normalized spacial score (nSPS) is 14.6. The standard InChI is InChI=1S/C38H38F2O14S4/c1-23(39)31(41)49-21-51-37(47)53-27-13-9-25(10-14-27)33(43)55-17-5-19-57-35(45)29-7-3-4-8-30(29)36(46)58-20-6-18-56-34(44)26-11-15-28(16-12-26)54-38(48)52-22-50-32(42)24(2)40/h9-16,29-30H,1-8,17-22H2/t29-,30-/m0/s1. The van der Waals surface area contributed by atoms with Gasteiger partial charge in [-0.2, -0.15) is 8.78 Å². The van der Waals surface area contributed by atoms with Gasteiger partial charge in [-0.15, -0.1) is 0 Å². The first kappa shape index (κ1) is 47.7. The van der Waals surface area contributed by atoms with Crippen LogP contribution in [0.1, 0.15) is 59.2 Å². The van der Waals surface area contributed by atoms with Crippen molar-refractivity contribution in [3.05, 3.63) is 84.5 Å². The molecule has 3 rings (SSSR count). The summed E-state index contributed by atoms with van der Waals surface area (Å²) in [5.41, 5.74) is 0.705. The molecule has 0 bridgehead atoms. The van der Waals surface area contributed by atoms with Gasteiger partial charge in [-0.1, -0.05) is 73.0 Å². The molecule has 1 aliphatic rings. The van der Waals surface area contributed by atoms with Crippen LogP contribution in [0.3, 0.4) is 0 Å². The van der Waals surface area contributed by atoms with Crippen molar-refractivity contribution < 1.29 is 75.6 Å². The molecule has 0 amide bonds. The Labute approximate surface area is 348 Å². The van der Waals surface area contributed by atoms with E-state index in [1.54, 1.807) is 0 Å². The summed E-state index contributed by atoms with van der Waals surface area (Å²) < 4.78 is 52.4. The van der Waals surface area contributed by atoms with Crippen molar-refractivity contribution >= 4 is 91.8 Å². The maximum atomic E-state index is 13.1. The van der Waals surface area contributed by atoms with Gasteiger partial charge in [0.1, 0.15) is 11.5 Å². The van der Waals surface area contributed by atoms with Gasteiger partial charge in [-0.25, -0.2) is 19.2 Å². The molecule has 0 aromatic heterocycles. The highest BCUT2D eigenvalue weighted by molar-refractivity contribution is 8.15. The average Bonchev–Trinajstić information content (AvgIpc) is 3.20. The molecule has 0 radical (unpaired) electrons. The molecular formula is C38H38F2O14S4. The Morgan fingerprint density at radius 2 is 0.879 bits per heavy atom. The zero-order chi connectivity index (χ0) is 42.5. The fourth-order valence-electron chi connectivity index (χ4n) is 4.86. The second kappa shape index (κ2) is 25.6. The van der Waals surface area contributed by atoms with Gasteiger partial charge in [0.15, 0.2) is 10.2 Å². The topological polar surface area (TPSA) is 192 Å². The van der Waals surface area contributed by atoms with Crippen LogP contribution in [-0.4, -0.2) is 81.3 Å². The van der Waals surface area contributed by atoms with Crippen molar-refractivity contribution in [2.45, 2.75) is 38.5 Å². The van der Waals surface area contributed by atoms with E-state index in [1.807, 2.05) is 0 Å². The zero-order valence-corrected chi connectivity index (χ0v) is 34.0. The molecule has 1 saturated carbocycles. The number of ether oxygens (including phenoxy) is 6. The van der Waals surface area contributed by atoms with Gasteiger partial charge in [-0.05, 0) is 74.2 Å². The molecular weight excluding hydrogens is 847 g/mol. The summed E-state index contributed by atoms with van der Waals surface area (Å²) in [4.78, 5) is 96.7. The van der Waals surface area contributed by atoms with Gasteiger partial charge in [-0.3, -0.25) is 19.2 Å². The molecule has 0 spiro atoms. The first-order chi connectivity index (χ1) is 27.7. The SMILES string of the molecule is C=C(F)C(=O)OCOC(=O)Oc1ccc(C(=O)SCCCSC(=O)[C@H]2CCCC[C@@H]2C(=O)SCCCSC(=O)c2ccc(OC(=O)OCOC(=O)C(=C)F)cc2)cc1. The molecule has 0 saturated heterocycles. The Kier molecular flexibility index (Phi) is 21.1. The third-order valence-electron chi connectivity index (χ3n) is 7.66. The third kappa shape index (κ3) is 17.5. The highest BCUT2D eigenvalue weighted by Gasteiger charge is 2.35. The Hall–Kier alpha value is -4.66. The molecule has 1 fully saturated rings. The van der Waals surface area contributed by atoms with Crippen LogP contribution >= 0.6 is 47.0 Å². The molecule has 312 valence electrons. The van der Waals surface area contributed by atoms with Crippen LogP contribution < -0.4 is 9.47 Å². The van der Waals surface area contributed by atoms with Crippen molar-refractivity contribution in [3.63, 3.8) is 0 Å². The van der Waals surface area contributed by atoms with E-state index in [0.29, 0.717) is 59.8 Å². The summed E-state index contributed by atoms with van der Waals surface area (Å²) in [6, 6.07) is 11.3. The minimum Gasteiger partial charge on any atom is -0.422 e. The average molecular weight is 885 g/mol. The lowest BCUT2D eigenvalue weighted by molar-refractivity contribution is -0.150. The zero-order valence-electron chi connectivity index (χ0n) is 30.8. The number of hydrogen-bond donors (Lipinski definition) is 0. The van der Waals surface area contributed by atoms with E-state index in [1.165, 1.54) is 72.1 Å². The van der Waals surface area contributed by atoms with E-state index in [0.717, 1.165) is 36.4 Å². The Morgan fingerprint density at radius 3 is 1.22 bits per heavy atom. The number of carbonyl (C=O) groups excluding carboxylic acids is 8. The number of rotatable bonds is 20. The van der Waals surface area contributed by atoms with Crippen molar-refractivity contribution in [2.75, 3.05) is 36.6 Å². The van der Waals surface area contributed by atoms with Gasteiger partial charge in [0.2, 0.25) is 35.5 Å². The summed E-state index contributed by atoms with van der Waals surface area (Å²) in [6.07, 6.45) is 1.72. The summed E-state index contributed by atoms with van der Waals surface area (Å²) >= 11 is 4.49. The van der Waals surface area contributed by atoms with Crippen LogP contribution in [0.25, 0.3) is 0 Å². The number of benzene rings is 2. The third-order valence-corrected chi connectivity index (χ3v) is 11.8. The lowest BCUT2D eigenvalue weighted by atomic mass is 9.81. The highest BCUT2D eigenvalue weighted by atomic mass is 32.2. The molecule has 1 aliphatic carbocycles. The van der Waals surface area contributed by atoms with Crippen LogP contribution in [0.5, 0.6) is 11.5 Å². The Bertz CT molecular complexity index is 1690. The Balaban J connectivity index is 1.29. The fraction of sp³-hybridized carbons (Fsp3) is 0.368. The summed E-state index contributed by atoms with van der Waals surface area (Å²) in [5, 5.41) is -0.514. The van der Waals surface area contributed by atoms with Gasteiger partial charge in [0.05, 0.1) is 0 Å². The largest absolute Gasteiger partial charge is 0.516 e. The number of hydrogen-bond acceptors (Lipinski definition) is 18. The predicted molar refractivity (Wildman–Crippen MR) is 213 cm³/mol. The molecule has 2 aromatic carbocycles. The monoisotopic (exact) mass is 884 g/mol. The number of carbonyl (C=O) groups is 8. The van der Waals surface area contributed by atoms with Crippen molar-refractivity contribution in [1.29, 1.82) is 0 Å². The van der Waals surface area contributed by atoms with E-state index in [9.17, 15) is 47.1 Å². The van der Waals surface area contributed by atoms with E-state index < -0.39 is 49.5 Å². The predicted octanol–water partition coefficient (Wildman–Crippen LogP) is 8.24. The van der Waals surface area contributed by atoms with Crippen molar-refractivity contribution in [3.8, 4) is 11.5 Å². The van der Waals surface area contributed by atoms with Crippen LogP contribution in [0.2, 0.25) is 0 Å². The second-order valence-corrected chi connectivity index (χ2v) is 16.1. The van der Waals surface area contributed by atoms with Crippen LogP contribution in [0, 0.1) is 11.8 Å². The smallest absolute Gasteiger partial charge is 0.422 e. The molecule has 2 atom stereocenters. The van der Waals surface area contributed by atoms with Gasteiger partial charge < -0.3 is 28.4 Å². The molecule has 0 aliphatic heterocycles. The number of esters is 2. The van der Waals surface area contributed by atoms with Crippen LogP contribution in [-0.2, 0) is 38.1 Å². The quantitative estimate of drug-likeness (QED) is 0.0405. The summed E-state index contributed by atoms with van der Waals surface area (Å²) in [7, 11) is 0.